The van der Waals surface area contributed by atoms with Crippen molar-refractivity contribution in [2.45, 2.75) is 38.4 Å². The highest BCUT2D eigenvalue weighted by Crippen LogP contribution is 2.32. The van der Waals surface area contributed by atoms with Crippen LogP contribution in [0.4, 0.5) is 0 Å². The van der Waals surface area contributed by atoms with E-state index in [2.05, 4.69) is 15.2 Å². The predicted molar refractivity (Wildman–Crippen MR) is 124 cm³/mol. The third-order valence-electron chi connectivity index (χ3n) is 5.56. The number of rotatable bonds is 10. The summed E-state index contributed by atoms with van der Waals surface area (Å²) in [6.07, 6.45) is 5.02. The van der Waals surface area contributed by atoms with Crippen LogP contribution in [0.15, 0.2) is 22.6 Å². The zero-order chi connectivity index (χ0) is 22.9. The molecule has 2 aromatic rings. The second kappa shape index (κ2) is 12.0. The first-order valence-electron chi connectivity index (χ1n) is 11.0. The van der Waals surface area contributed by atoms with E-state index in [1.54, 1.807) is 33.3 Å². The van der Waals surface area contributed by atoms with Crippen LogP contribution < -0.4 is 14.8 Å². The van der Waals surface area contributed by atoms with Gasteiger partial charge in [0.1, 0.15) is 11.5 Å². The Hall–Kier alpha value is -2.39. The summed E-state index contributed by atoms with van der Waals surface area (Å²) in [5.74, 6) is 2.12. The van der Waals surface area contributed by atoms with Crippen molar-refractivity contribution in [2.75, 3.05) is 46.2 Å². The molecule has 1 amide bonds. The van der Waals surface area contributed by atoms with E-state index in [1.807, 2.05) is 6.07 Å². The molecule has 0 spiro atoms. The third kappa shape index (κ3) is 6.80. The lowest BCUT2D eigenvalue weighted by molar-refractivity contribution is -0.118. The van der Waals surface area contributed by atoms with Crippen molar-refractivity contribution in [3.63, 3.8) is 0 Å². The number of carbonyl (C=O) groups is 1. The number of aryl methyl sites for hydroxylation is 1. The molecule has 1 N–H and O–H groups in total. The average Bonchev–Trinajstić information content (AvgIpc) is 2.97. The maximum Gasteiger partial charge on any atom is 0.232 e. The van der Waals surface area contributed by atoms with Gasteiger partial charge < -0.3 is 24.1 Å². The molecule has 1 aromatic heterocycles. The van der Waals surface area contributed by atoms with Crippen molar-refractivity contribution in [3.8, 4) is 23.0 Å². The van der Waals surface area contributed by atoms with Gasteiger partial charge in [-0.15, -0.1) is 0 Å². The van der Waals surface area contributed by atoms with E-state index in [4.69, 9.17) is 13.9 Å². The Labute approximate surface area is 192 Å². The molecule has 32 heavy (non-hydrogen) atoms. The standard InChI is InChI=1S/C23H33N3O5S/c1-17-19(25-23(31-17)18-8-9-20(29-2)21(14-18)30-3)15-32(28)16-22(27)24-10-13-26-11-6-4-5-7-12-26/h8-9,14H,4-7,10-13,15-16H2,1-3H3,(H,24,27)/t32-/m1/s1. The lowest BCUT2D eigenvalue weighted by atomic mass is 10.2. The van der Waals surface area contributed by atoms with Crippen molar-refractivity contribution < 1.29 is 22.9 Å². The van der Waals surface area contributed by atoms with Gasteiger partial charge in [0, 0.05) is 29.5 Å². The number of benzene rings is 1. The van der Waals surface area contributed by atoms with E-state index in [0.29, 0.717) is 35.4 Å². The Morgan fingerprint density at radius 3 is 2.56 bits per heavy atom. The van der Waals surface area contributed by atoms with Gasteiger partial charge in [0.05, 0.1) is 25.7 Å². The molecule has 1 saturated heterocycles. The van der Waals surface area contributed by atoms with Gasteiger partial charge in [0.2, 0.25) is 11.8 Å². The van der Waals surface area contributed by atoms with E-state index in [9.17, 15) is 9.00 Å². The zero-order valence-electron chi connectivity index (χ0n) is 19.1. The Kier molecular flexibility index (Phi) is 9.11. The van der Waals surface area contributed by atoms with Crippen LogP contribution in [-0.4, -0.2) is 66.2 Å². The molecule has 8 nitrogen and oxygen atoms in total. The molecule has 0 aliphatic carbocycles. The van der Waals surface area contributed by atoms with Crippen LogP contribution in [0.2, 0.25) is 0 Å². The Morgan fingerprint density at radius 2 is 1.88 bits per heavy atom. The quantitative estimate of drug-likeness (QED) is 0.579. The van der Waals surface area contributed by atoms with Gasteiger partial charge in [0.25, 0.3) is 0 Å². The van der Waals surface area contributed by atoms with Crippen LogP contribution in [0.25, 0.3) is 11.5 Å². The number of likely N-dealkylation sites (tertiary alicyclic amines) is 1. The van der Waals surface area contributed by atoms with Crippen LogP contribution in [0.5, 0.6) is 11.5 Å². The van der Waals surface area contributed by atoms with Crippen LogP contribution in [-0.2, 0) is 21.3 Å². The number of oxazole rings is 1. The fourth-order valence-corrected chi connectivity index (χ4v) is 4.84. The molecule has 176 valence electrons. The zero-order valence-corrected chi connectivity index (χ0v) is 20.0. The molecule has 1 aliphatic heterocycles. The lowest BCUT2D eigenvalue weighted by Crippen LogP contribution is -2.37. The van der Waals surface area contributed by atoms with Crippen molar-refractivity contribution >= 4 is 16.7 Å². The molecule has 9 heteroatoms. The Bertz CT molecular complexity index is 922. The minimum atomic E-state index is -1.37. The molecule has 0 unspecified atom stereocenters. The number of aromatic nitrogens is 1. The van der Waals surface area contributed by atoms with E-state index < -0.39 is 10.8 Å². The maximum absolute atomic E-state index is 12.5. The summed E-state index contributed by atoms with van der Waals surface area (Å²) in [7, 11) is 1.77. The molecule has 1 aliphatic rings. The van der Waals surface area contributed by atoms with Crippen LogP contribution in [0, 0.1) is 6.92 Å². The molecule has 0 bridgehead atoms. The van der Waals surface area contributed by atoms with E-state index in [-0.39, 0.29) is 17.4 Å². The molecule has 2 heterocycles. The highest BCUT2D eigenvalue weighted by Gasteiger charge is 2.17. The summed E-state index contributed by atoms with van der Waals surface area (Å²) < 4.78 is 28.9. The predicted octanol–water partition coefficient (Wildman–Crippen LogP) is 2.91. The first-order valence-corrected chi connectivity index (χ1v) is 12.5. The molecule has 1 aromatic carbocycles. The van der Waals surface area contributed by atoms with E-state index in [1.165, 1.54) is 25.7 Å². The van der Waals surface area contributed by atoms with Crippen molar-refractivity contribution in [1.29, 1.82) is 0 Å². The van der Waals surface area contributed by atoms with Gasteiger partial charge >= 0.3 is 0 Å². The van der Waals surface area contributed by atoms with Crippen LogP contribution >= 0.6 is 0 Å². The highest BCUT2D eigenvalue weighted by molar-refractivity contribution is 7.84. The second-order valence-electron chi connectivity index (χ2n) is 7.93. The Balaban J connectivity index is 1.51. The summed E-state index contributed by atoms with van der Waals surface area (Å²) in [4.78, 5) is 19.1. The topological polar surface area (TPSA) is 93.9 Å². The van der Waals surface area contributed by atoms with Crippen LogP contribution in [0.1, 0.15) is 37.1 Å². The minimum Gasteiger partial charge on any atom is -0.493 e. The monoisotopic (exact) mass is 463 g/mol. The molecule has 0 saturated carbocycles. The lowest BCUT2D eigenvalue weighted by Gasteiger charge is -2.19. The van der Waals surface area contributed by atoms with Crippen molar-refractivity contribution in [3.05, 3.63) is 29.7 Å². The average molecular weight is 464 g/mol. The van der Waals surface area contributed by atoms with Gasteiger partial charge in [-0.05, 0) is 51.1 Å². The number of hydrogen-bond acceptors (Lipinski definition) is 7. The molecule has 3 rings (SSSR count). The first kappa shape index (κ1) is 24.3. The van der Waals surface area contributed by atoms with Gasteiger partial charge in [0.15, 0.2) is 11.5 Å². The summed E-state index contributed by atoms with van der Waals surface area (Å²) in [6.45, 7) is 5.40. The van der Waals surface area contributed by atoms with Crippen molar-refractivity contribution in [1.82, 2.24) is 15.2 Å². The summed E-state index contributed by atoms with van der Waals surface area (Å²) in [5.41, 5.74) is 1.32. The van der Waals surface area contributed by atoms with Gasteiger partial charge in [-0.2, -0.15) is 0 Å². The van der Waals surface area contributed by atoms with Gasteiger partial charge in [-0.1, -0.05) is 12.8 Å². The number of amides is 1. The number of ether oxygens (including phenoxy) is 2. The SMILES string of the molecule is COc1ccc(-c2nc(C[S@@](=O)CC(=O)NCCN3CCCCCC3)c(C)o2)cc1OC. The molecule has 1 fully saturated rings. The number of carbonyl (C=O) groups excluding carboxylic acids is 1. The second-order valence-corrected chi connectivity index (χ2v) is 9.38. The third-order valence-corrected chi connectivity index (χ3v) is 6.74. The van der Waals surface area contributed by atoms with Gasteiger partial charge in [-0.25, -0.2) is 4.98 Å². The normalized spacial score (nSPS) is 15.7. The highest BCUT2D eigenvalue weighted by atomic mass is 32.2. The minimum absolute atomic E-state index is 0.0437. The summed E-state index contributed by atoms with van der Waals surface area (Å²) in [5, 5.41) is 2.89. The summed E-state index contributed by atoms with van der Waals surface area (Å²) >= 11 is 0. The fourth-order valence-electron chi connectivity index (χ4n) is 3.77. The fraction of sp³-hybridized carbons (Fsp3) is 0.565. The van der Waals surface area contributed by atoms with E-state index >= 15 is 0 Å². The van der Waals surface area contributed by atoms with Crippen molar-refractivity contribution in [2.24, 2.45) is 0 Å². The maximum atomic E-state index is 12.5. The number of methoxy groups -OCH3 is 2. The van der Waals surface area contributed by atoms with E-state index in [0.717, 1.165) is 25.2 Å². The molecule has 0 radical (unpaired) electrons. The smallest absolute Gasteiger partial charge is 0.232 e. The first-order chi connectivity index (χ1) is 15.5. The Morgan fingerprint density at radius 1 is 1.16 bits per heavy atom. The number of hydrogen-bond donors (Lipinski definition) is 1. The molecule has 1 atom stereocenters. The molecular formula is C23H33N3O5S. The van der Waals surface area contributed by atoms with Crippen LogP contribution in [0.3, 0.4) is 0 Å². The number of nitrogens with one attached hydrogen (secondary N) is 1. The largest absolute Gasteiger partial charge is 0.493 e. The number of nitrogens with zero attached hydrogens (tertiary/aromatic N) is 2. The van der Waals surface area contributed by atoms with Gasteiger partial charge in [-0.3, -0.25) is 9.00 Å². The summed E-state index contributed by atoms with van der Waals surface area (Å²) in [6, 6.07) is 5.38. The molecular weight excluding hydrogens is 430 g/mol.